The fraction of sp³-hybridized carbons (Fsp3) is 0.667. The zero-order valence-electron chi connectivity index (χ0n) is 5.75. The molecule has 1 atom stereocenters. The van der Waals surface area contributed by atoms with Crippen LogP contribution in [0.15, 0.2) is 0 Å². The molecule has 4 heteroatoms. The smallest absolute Gasteiger partial charge is 0.0662 e. The molecule has 0 spiro atoms. The summed E-state index contributed by atoms with van der Waals surface area (Å²) in [6.45, 7) is 0.676. The molecule has 0 aromatic heterocycles. The Morgan fingerprint density at radius 2 is 1.90 bits per heavy atom. The molecule has 0 rings (SSSR count). The standard InChI is InChI=1S/C6H12N2.2ClH/c1-2-6(8)4-3-5-7;;/h1,6H,3-5,7-8H2;2*1H. The maximum Gasteiger partial charge on any atom is 0.0662 e. The van der Waals surface area contributed by atoms with Crippen LogP contribution < -0.4 is 11.5 Å². The van der Waals surface area contributed by atoms with Crippen LogP contribution in [0.4, 0.5) is 0 Å². The molecule has 0 aliphatic carbocycles. The van der Waals surface area contributed by atoms with Crippen molar-refractivity contribution in [2.24, 2.45) is 11.5 Å². The van der Waals surface area contributed by atoms with Crippen LogP contribution >= 0.6 is 24.8 Å². The van der Waals surface area contributed by atoms with E-state index in [1.807, 2.05) is 0 Å². The van der Waals surface area contributed by atoms with E-state index in [2.05, 4.69) is 5.92 Å². The molecule has 0 aromatic carbocycles. The van der Waals surface area contributed by atoms with E-state index in [1.165, 1.54) is 0 Å². The minimum atomic E-state index is -0.0986. The lowest BCUT2D eigenvalue weighted by atomic mass is 10.2. The number of nitrogens with two attached hydrogens (primary N) is 2. The Morgan fingerprint density at radius 3 is 2.20 bits per heavy atom. The van der Waals surface area contributed by atoms with Crippen molar-refractivity contribution >= 4 is 24.8 Å². The van der Waals surface area contributed by atoms with E-state index >= 15 is 0 Å². The third-order valence-corrected chi connectivity index (χ3v) is 0.933. The molecule has 0 aliphatic rings. The highest BCUT2D eigenvalue weighted by Crippen LogP contribution is 1.88. The van der Waals surface area contributed by atoms with Crippen molar-refractivity contribution < 1.29 is 0 Å². The van der Waals surface area contributed by atoms with Crippen molar-refractivity contribution in [1.29, 1.82) is 0 Å². The zero-order chi connectivity index (χ0) is 6.41. The number of halogens is 2. The molecular weight excluding hydrogens is 171 g/mol. The Kier molecular flexibility index (Phi) is 19.6. The van der Waals surface area contributed by atoms with Crippen LogP contribution in [0.1, 0.15) is 12.8 Å². The van der Waals surface area contributed by atoms with Crippen LogP contribution in [0.3, 0.4) is 0 Å². The van der Waals surface area contributed by atoms with E-state index in [-0.39, 0.29) is 30.9 Å². The first-order valence-corrected chi connectivity index (χ1v) is 2.73. The number of rotatable bonds is 3. The third-order valence-electron chi connectivity index (χ3n) is 0.933. The van der Waals surface area contributed by atoms with Crippen LogP contribution in [-0.2, 0) is 0 Å². The van der Waals surface area contributed by atoms with Gasteiger partial charge in [-0.1, -0.05) is 5.92 Å². The van der Waals surface area contributed by atoms with Gasteiger partial charge in [0.05, 0.1) is 6.04 Å². The van der Waals surface area contributed by atoms with Crippen LogP contribution in [-0.4, -0.2) is 12.6 Å². The Hall–Kier alpha value is 0.0600. The molecule has 0 aliphatic heterocycles. The molecule has 0 saturated heterocycles. The lowest BCUT2D eigenvalue weighted by Gasteiger charge is -1.99. The summed E-state index contributed by atoms with van der Waals surface area (Å²) < 4.78 is 0. The molecule has 4 N–H and O–H groups in total. The summed E-state index contributed by atoms with van der Waals surface area (Å²) in [6.07, 6.45) is 6.76. The third kappa shape index (κ3) is 10.9. The maximum absolute atomic E-state index is 5.37. The summed E-state index contributed by atoms with van der Waals surface area (Å²) in [4.78, 5) is 0. The van der Waals surface area contributed by atoms with Crippen LogP contribution in [0, 0.1) is 12.3 Å². The molecule has 0 aromatic rings. The van der Waals surface area contributed by atoms with Crippen LogP contribution in [0.2, 0.25) is 0 Å². The summed E-state index contributed by atoms with van der Waals surface area (Å²) in [5.41, 5.74) is 10.6. The molecule has 0 radical (unpaired) electrons. The van der Waals surface area contributed by atoms with Gasteiger partial charge < -0.3 is 11.5 Å². The van der Waals surface area contributed by atoms with Gasteiger partial charge in [0, 0.05) is 0 Å². The molecule has 10 heavy (non-hydrogen) atoms. The van der Waals surface area contributed by atoms with E-state index in [1.54, 1.807) is 0 Å². The predicted octanol–water partition coefficient (Wildman–Crippen LogP) is 0.529. The number of hydrogen-bond acceptors (Lipinski definition) is 2. The van der Waals surface area contributed by atoms with Crippen LogP contribution in [0.5, 0.6) is 0 Å². The second kappa shape index (κ2) is 11.8. The summed E-state index contributed by atoms with van der Waals surface area (Å²) in [6, 6.07) is -0.0986. The van der Waals surface area contributed by atoms with E-state index in [9.17, 15) is 0 Å². The van der Waals surface area contributed by atoms with Crippen molar-refractivity contribution in [3.8, 4) is 12.3 Å². The average Bonchev–Trinajstić information content (AvgIpc) is 1.83. The first-order valence-electron chi connectivity index (χ1n) is 2.73. The topological polar surface area (TPSA) is 52.0 Å². The van der Waals surface area contributed by atoms with Crippen molar-refractivity contribution in [2.45, 2.75) is 18.9 Å². The molecule has 0 amide bonds. The zero-order valence-corrected chi connectivity index (χ0v) is 7.38. The lowest BCUT2D eigenvalue weighted by molar-refractivity contribution is 0.688. The Balaban J connectivity index is -0.000000245. The first kappa shape index (κ1) is 16.6. The summed E-state index contributed by atoms with van der Waals surface area (Å²) >= 11 is 0. The van der Waals surface area contributed by atoms with E-state index in [4.69, 9.17) is 17.9 Å². The predicted molar refractivity (Wildman–Crippen MR) is 49.6 cm³/mol. The molecule has 0 saturated carbocycles. The molecule has 2 nitrogen and oxygen atoms in total. The average molecular weight is 185 g/mol. The highest BCUT2D eigenvalue weighted by Gasteiger charge is 1.92. The minimum Gasteiger partial charge on any atom is -0.330 e. The Labute approximate surface area is 74.5 Å². The molecular formula is C6H14Cl2N2. The largest absolute Gasteiger partial charge is 0.330 e. The van der Waals surface area contributed by atoms with Crippen molar-refractivity contribution in [3.63, 3.8) is 0 Å². The van der Waals surface area contributed by atoms with Gasteiger partial charge in [0.25, 0.3) is 0 Å². The fourth-order valence-corrected chi connectivity index (χ4v) is 0.421. The number of hydrogen-bond donors (Lipinski definition) is 2. The van der Waals surface area contributed by atoms with Gasteiger partial charge in [0.2, 0.25) is 0 Å². The second-order valence-corrected chi connectivity index (χ2v) is 1.70. The monoisotopic (exact) mass is 184 g/mol. The molecule has 1 unspecified atom stereocenters. The molecule has 62 valence electrons. The van der Waals surface area contributed by atoms with Crippen molar-refractivity contribution in [3.05, 3.63) is 0 Å². The van der Waals surface area contributed by atoms with E-state index in [0.29, 0.717) is 6.54 Å². The van der Waals surface area contributed by atoms with E-state index < -0.39 is 0 Å². The van der Waals surface area contributed by atoms with Gasteiger partial charge in [-0.3, -0.25) is 0 Å². The summed E-state index contributed by atoms with van der Waals surface area (Å²) in [5, 5.41) is 0. The van der Waals surface area contributed by atoms with Crippen LogP contribution in [0.25, 0.3) is 0 Å². The minimum absolute atomic E-state index is 0. The van der Waals surface area contributed by atoms with Crippen molar-refractivity contribution in [2.75, 3.05) is 6.54 Å². The van der Waals surface area contributed by atoms with Gasteiger partial charge in [-0.05, 0) is 19.4 Å². The maximum atomic E-state index is 5.37. The highest BCUT2D eigenvalue weighted by atomic mass is 35.5. The van der Waals surface area contributed by atoms with Gasteiger partial charge in [-0.15, -0.1) is 31.2 Å². The fourth-order valence-electron chi connectivity index (χ4n) is 0.421. The molecule has 0 bridgehead atoms. The van der Waals surface area contributed by atoms with Gasteiger partial charge in [-0.2, -0.15) is 0 Å². The molecule has 0 heterocycles. The van der Waals surface area contributed by atoms with E-state index in [0.717, 1.165) is 12.8 Å². The SMILES string of the molecule is C#CC(N)CCCN.Cl.Cl. The van der Waals surface area contributed by atoms with Gasteiger partial charge in [0.15, 0.2) is 0 Å². The van der Waals surface area contributed by atoms with Gasteiger partial charge in [0.1, 0.15) is 0 Å². The summed E-state index contributed by atoms with van der Waals surface area (Å²) in [5.74, 6) is 2.42. The molecule has 0 fully saturated rings. The first-order chi connectivity index (χ1) is 3.81. The van der Waals surface area contributed by atoms with Gasteiger partial charge >= 0.3 is 0 Å². The normalized spacial score (nSPS) is 10.1. The summed E-state index contributed by atoms with van der Waals surface area (Å²) in [7, 11) is 0. The highest BCUT2D eigenvalue weighted by molar-refractivity contribution is 5.85. The quantitative estimate of drug-likeness (QED) is 0.630. The van der Waals surface area contributed by atoms with Gasteiger partial charge in [-0.25, -0.2) is 0 Å². The Morgan fingerprint density at radius 1 is 1.40 bits per heavy atom. The second-order valence-electron chi connectivity index (χ2n) is 1.70. The Bertz CT molecular complexity index is 90.2. The van der Waals surface area contributed by atoms with Crippen molar-refractivity contribution in [1.82, 2.24) is 0 Å². The lowest BCUT2D eigenvalue weighted by Crippen LogP contribution is -2.18. The number of terminal acetylenes is 1.